The van der Waals surface area contributed by atoms with Gasteiger partial charge in [0.15, 0.2) is 0 Å². The molecule has 2 rings (SSSR count). The summed E-state index contributed by atoms with van der Waals surface area (Å²) in [4.78, 5) is 17.0. The van der Waals surface area contributed by atoms with Crippen LogP contribution in [-0.2, 0) is 9.53 Å². The molecule has 4 unspecified atom stereocenters. The Morgan fingerprint density at radius 2 is 2.04 bits per heavy atom. The van der Waals surface area contributed by atoms with E-state index in [2.05, 4.69) is 11.1 Å². The molecule has 0 spiro atoms. The third-order valence-electron chi connectivity index (χ3n) is 5.23. The van der Waals surface area contributed by atoms with Crippen molar-refractivity contribution in [3.05, 3.63) is 35.6 Å². The van der Waals surface area contributed by atoms with Crippen LogP contribution in [-0.4, -0.2) is 36.5 Å². The molecular weight excluding hydrogens is 323 g/mol. The van der Waals surface area contributed by atoms with Gasteiger partial charge in [0.25, 0.3) is 0 Å². The first-order valence-electron chi connectivity index (χ1n) is 8.22. The highest BCUT2D eigenvalue weighted by molar-refractivity contribution is 5.92. The summed E-state index contributed by atoms with van der Waals surface area (Å²) in [7, 11) is 1.50. The van der Waals surface area contributed by atoms with Crippen molar-refractivity contribution in [2.45, 2.75) is 32.7 Å². The molecule has 1 aliphatic heterocycles. The first-order chi connectivity index (χ1) is 11.8. The van der Waals surface area contributed by atoms with Crippen LogP contribution in [0.2, 0.25) is 0 Å². The van der Waals surface area contributed by atoms with E-state index in [1.807, 2.05) is 13.8 Å². The fraction of sp³-hybridized carbons (Fsp3) is 0.526. The fourth-order valence-corrected chi connectivity index (χ4v) is 4.06. The Hall–Kier alpha value is -2.26. The van der Waals surface area contributed by atoms with Gasteiger partial charge < -0.3 is 9.84 Å². The summed E-state index contributed by atoms with van der Waals surface area (Å²) in [6, 6.07) is 7.30. The van der Waals surface area contributed by atoms with E-state index in [0.717, 1.165) is 0 Å². The van der Waals surface area contributed by atoms with Gasteiger partial charge in [0.05, 0.1) is 24.6 Å². The number of aliphatic carboxylic acids is 1. The number of carboxylic acid groups (broad SMARTS) is 1. The number of halogens is 1. The Morgan fingerprint density at radius 1 is 1.44 bits per heavy atom. The molecule has 0 saturated heterocycles. The van der Waals surface area contributed by atoms with Crippen LogP contribution >= 0.6 is 0 Å². The number of nitriles is 1. The maximum atomic E-state index is 13.4. The Kier molecular flexibility index (Phi) is 5.58. The number of rotatable bonds is 5. The summed E-state index contributed by atoms with van der Waals surface area (Å²) in [5.74, 6) is -3.08. The molecular formula is C19H23FN2O3. The first kappa shape index (κ1) is 19.1. The molecule has 0 radical (unpaired) electrons. The zero-order valence-electron chi connectivity index (χ0n) is 14.9. The Bertz CT molecular complexity index is 708. The molecule has 1 N–H and O–H groups in total. The Balaban J connectivity index is 2.79. The lowest BCUT2D eigenvalue weighted by atomic mass is 9.55. The first-order valence-corrected chi connectivity index (χ1v) is 8.22. The second-order valence-electron chi connectivity index (χ2n) is 6.77. The van der Waals surface area contributed by atoms with Crippen LogP contribution < -0.4 is 0 Å². The molecule has 1 aliphatic rings. The van der Waals surface area contributed by atoms with Gasteiger partial charge in [-0.3, -0.25) is 9.79 Å². The van der Waals surface area contributed by atoms with E-state index in [-0.39, 0.29) is 12.5 Å². The van der Waals surface area contributed by atoms with Crippen LogP contribution in [0.3, 0.4) is 0 Å². The highest BCUT2D eigenvalue weighted by Gasteiger charge is 2.59. The van der Waals surface area contributed by atoms with Crippen molar-refractivity contribution in [2.24, 2.45) is 22.2 Å². The van der Waals surface area contributed by atoms with E-state index in [1.54, 1.807) is 19.1 Å². The molecule has 4 atom stereocenters. The number of aliphatic imine (C=N–C) groups is 1. The zero-order chi connectivity index (χ0) is 18.8. The van der Waals surface area contributed by atoms with Crippen molar-refractivity contribution in [3.63, 3.8) is 0 Å². The minimum Gasteiger partial charge on any atom is -0.481 e. The molecule has 0 bridgehead atoms. The van der Waals surface area contributed by atoms with E-state index < -0.39 is 35.1 Å². The van der Waals surface area contributed by atoms with Gasteiger partial charge in [0.2, 0.25) is 0 Å². The molecule has 6 heteroatoms. The predicted octanol–water partition coefficient (Wildman–Crippen LogP) is 3.27. The lowest BCUT2D eigenvalue weighted by Crippen LogP contribution is -2.57. The monoisotopic (exact) mass is 346 g/mol. The van der Waals surface area contributed by atoms with Crippen LogP contribution in [0.25, 0.3) is 0 Å². The molecule has 0 saturated carbocycles. The number of nitrogens with zero attached hydrogens (tertiary/aromatic N) is 2. The average molecular weight is 346 g/mol. The minimum atomic E-state index is -1.33. The standard InChI is InChI=1S/C19H23FN2O3/c1-11(2)19(18(23)24)16(10-25-4)22-12(3)15(9-21)17(19)13-5-7-14(20)8-6-13/h5-8,11,15-17H,10H2,1-4H3,(H,23,24). The van der Waals surface area contributed by atoms with Gasteiger partial charge in [0, 0.05) is 18.7 Å². The van der Waals surface area contributed by atoms with Crippen LogP contribution in [0, 0.1) is 34.4 Å². The molecule has 0 fully saturated rings. The molecule has 0 aliphatic carbocycles. The summed E-state index contributed by atoms with van der Waals surface area (Å²) in [6.07, 6.45) is 0. The molecule has 1 heterocycles. The van der Waals surface area contributed by atoms with E-state index in [9.17, 15) is 19.6 Å². The van der Waals surface area contributed by atoms with Gasteiger partial charge in [-0.1, -0.05) is 26.0 Å². The maximum absolute atomic E-state index is 13.4. The SMILES string of the molecule is COCC1N=C(C)C(C#N)C(c2ccc(F)cc2)C1(C(=O)O)C(C)C. The minimum absolute atomic E-state index is 0.137. The highest BCUT2D eigenvalue weighted by Crippen LogP contribution is 2.53. The van der Waals surface area contributed by atoms with Gasteiger partial charge in [-0.25, -0.2) is 4.39 Å². The molecule has 25 heavy (non-hydrogen) atoms. The molecule has 5 nitrogen and oxygen atoms in total. The molecule has 0 aromatic heterocycles. The molecule has 1 aromatic rings. The van der Waals surface area contributed by atoms with Crippen molar-refractivity contribution in [1.29, 1.82) is 5.26 Å². The summed E-state index contributed by atoms with van der Waals surface area (Å²) >= 11 is 0. The van der Waals surface area contributed by atoms with E-state index in [4.69, 9.17) is 4.74 Å². The molecule has 1 aromatic carbocycles. The number of hydrogen-bond acceptors (Lipinski definition) is 4. The fourth-order valence-electron chi connectivity index (χ4n) is 4.06. The second kappa shape index (κ2) is 7.32. The molecule has 134 valence electrons. The largest absolute Gasteiger partial charge is 0.481 e. The summed E-state index contributed by atoms with van der Waals surface area (Å²) in [5, 5.41) is 20.0. The zero-order valence-corrected chi connectivity index (χ0v) is 14.9. The normalized spacial score (nSPS) is 29.2. The quantitative estimate of drug-likeness (QED) is 0.887. The maximum Gasteiger partial charge on any atom is 0.312 e. The van der Waals surface area contributed by atoms with Crippen molar-refractivity contribution in [2.75, 3.05) is 13.7 Å². The lowest BCUT2D eigenvalue weighted by Gasteiger charge is -2.49. The smallest absolute Gasteiger partial charge is 0.312 e. The predicted molar refractivity (Wildman–Crippen MR) is 91.9 cm³/mol. The van der Waals surface area contributed by atoms with Gasteiger partial charge in [-0.2, -0.15) is 5.26 Å². The van der Waals surface area contributed by atoms with Crippen LogP contribution in [0.5, 0.6) is 0 Å². The average Bonchev–Trinajstić information content (AvgIpc) is 2.55. The van der Waals surface area contributed by atoms with E-state index in [0.29, 0.717) is 11.3 Å². The van der Waals surface area contributed by atoms with Crippen LogP contribution in [0.15, 0.2) is 29.3 Å². The van der Waals surface area contributed by atoms with Gasteiger partial charge in [-0.05, 0) is 30.5 Å². The number of ether oxygens (including phenoxy) is 1. The van der Waals surface area contributed by atoms with E-state index in [1.165, 1.54) is 19.2 Å². The van der Waals surface area contributed by atoms with Gasteiger partial charge in [-0.15, -0.1) is 0 Å². The second-order valence-corrected chi connectivity index (χ2v) is 6.77. The number of methoxy groups -OCH3 is 1. The topological polar surface area (TPSA) is 82.7 Å². The molecule has 0 amide bonds. The summed E-state index contributed by atoms with van der Waals surface area (Å²) < 4.78 is 18.6. The van der Waals surface area contributed by atoms with Crippen molar-refractivity contribution < 1.29 is 19.0 Å². The van der Waals surface area contributed by atoms with Crippen LogP contribution in [0.1, 0.15) is 32.3 Å². The third-order valence-corrected chi connectivity index (χ3v) is 5.23. The van der Waals surface area contributed by atoms with E-state index >= 15 is 0 Å². The Labute approximate surface area is 147 Å². The lowest BCUT2D eigenvalue weighted by molar-refractivity contribution is -0.158. The number of benzene rings is 1. The number of hydrogen-bond donors (Lipinski definition) is 1. The van der Waals surface area contributed by atoms with Crippen molar-refractivity contribution >= 4 is 11.7 Å². The van der Waals surface area contributed by atoms with Gasteiger partial charge >= 0.3 is 5.97 Å². The number of carboxylic acids is 1. The van der Waals surface area contributed by atoms with Crippen molar-refractivity contribution in [1.82, 2.24) is 0 Å². The van der Waals surface area contributed by atoms with Crippen molar-refractivity contribution in [3.8, 4) is 6.07 Å². The van der Waals surface area contributed by atoms with Gasteiger partial charge in [0.1, 0.15) is 11.2 Å². The summed E-state index contributed by atoms with van der Waals surface area (Å²) in [6.45, 7) is 5.51. The highest BCUT2D eigenvalue weighted by atomic mass is 19.1. The summed E-state index contributed by atoms with van der Waals surface area (Å²) in [5.41, 5.74) is -0.121. The third kappa shape index (κ3) is 3.05. The number of carbonyl (C=O) groups is 1. The Morgan fingerprint density at radius 3 is 2.48 bits per heavy atom. The van der Waals surface area contributed by atoms with Crippen LogP contribution in [0.4, 0.5) is 4.39 Å².